The molecule has 1 aromatic rings. The third kappa shape index (κ3) is 3.62. The van der Waals surface area contributed by atoms with E-state index in [1.165, 1.54) is 29.8 Å². The van der Waals surface area contributed by atoms with E-state index in [1.54, 1.807) is 11.8 Å². The van der Waals surface area contributed by atoms with Crippen LogP contribution in [0.25, 0.3) is 0 Å². The van der Waals surface area contributed by atoms with Crippen molar-refractivity contribution in [3.63, 3.8) is 0 Å². The van der Waals surface area contributed by atoms with Gasteiger partial charge in [-0.25, -0.2) is 4.98 Å². The van der Waals surface area contributed by atoms with Gasteiger partial charge in [-0.2, -0.15) is 0 Å². The largest absolute Gasteiger partial charge is 0.390 e. The van der Waals surface area contributed by atoms with Crippen molar-refractivity contribution in [2.24, 2.45) is 0 Å². The van der Waals surface area contributed by atoms with Gasteiger partial charge in [-0.3, -0.25) is 9.69 Å². The fourth-order valence-corrected chi connectivity index (χ4v) is 4.35. The summed E-state index contributed by atoms with van der Waals surface area (Å²) >= 11 is 1.83. The number of hydrogen-bond donors (Lipinski definition) is 1. The van der Waals surface area contributed by atoms with E-state index in [0.29, 0.717) is 19.6 Å². The van der Waals surface area contributed by atoms with Crippen LogP contribution in [-0.2, 0) is 24.2 Å². The summed E-state index contributed by atoms with van der Waals surface area (Å²) < 4.78 is 0. The van der Waals surface area contributed by atoms with Gasteiger partial charge >= 0.3 is 0 Å². The number of hydrogen-bond acceptors (Lipinski definition) is 5. The van der Waals surface area contributed by atoms with Crippen molar-refractivity contribution in [1.82, 2.24) is 14.8 Å². The molecule has 2 heterocycles. The van der Waals surface area contributed by atoms with Gasteiger partial charge in [0.1, 0.15) is 5.01 Å². The van der Waals surface area contributed by atoms with Crippen molar-refractivity contribution in [2.45, 2.75) is 45.3 Å². The van der Waals surface area contributed by atoms with Crippen molar-refractivity contribution in [3.05, 3.63) is 15.6 Å². The minimum atomic E-state index is -0.467. The average molecular weight is 309 g/mol. The number of amides is 1. The second kappa shape index (κ2) is 6.42. The van der Waals surface area contributed by atoms with Crippen LogP contribution in [0.3, 0.4) is 0 Å². The van der Waals surface area contributed by atoms with Crippen LogP contribution in [0.2, 0.25) is 0 Å². The molecule has 1 amide bonds. The molecule has 1 fully saturated rings. The van der Waals surface area contributed by atoms with Crippen molar-refractivity contribution >= 4 is 17.2 Å². The number of fused-ring (bicyclic) bond motifs is 1. The summed E-state index contributed by atoms with van der Waals surface area (Å²) in [6.07, 6.45) is 4.36. The van der Waals surface area contributed by atoms with Crippen molar-refractivity contribution in [2.75, 3.05) is 26.2 Å². The molecule has 0 aromatic carbocycles. The lowest BCUT2D eigenvalue weighted by Gasteiger charge is -2.19. The molecule has 116 valence electrons. The molecule has 0 unspecified atom stereocenters. The molecule has 1 aliphatic heterocycles. The molecule has 0 radical (unpaired) electrons. The highest BCUT2D eigenvalue weighted by atomic mass is 32.1. The maximum Gasteiger partial charge on any atom is 0.219 e. The van der Waals surface area contributed by atoms with E-state index in [2.05, 4.69) is 4.90 Å². The Morgan fingerprint density at radius 1 is 1.33 bits per heavy atom. The van der Waals surface area contributed by atoms with Crippen LogP contribution in [0.5, 0.6) is 0 Å². The molecule has 1 saturated heterocycles. The van der Waals surface area contributed by atoms with Gasteiger partial charge in [-0.1, -0.05) is 0 Å². The third-order valence-corrected chi connectivity index (χ3v) is 5.42. The lowest BCUT2D eigenvalue weighted by molar-refractivity contribution is -0.129. The van der Waals surface area contributed by atoms with Crippen LogP contribution in [0.4, 0.5) is 0 Å². The summed E-state index contributed by atoms with van der Waals surface area (Å²) in [5.41, 5.74) is 1.29. The number of carbonyl (C=O) groups excluding carboxylic acids is 1. The number of aliphatic hydroxyl groups excluding tert-OH is 1. The van der Waals surface area contributed by atoms with Crippen molar-refractivity contribution < 1.29 is 9.90 Å². The number of nitrogens with zero attached hydrogens (tertiary/aromatic N) is 3. The number of aryl methyl sites for hydroxylation is 2. The lowest BCUT2D eigenvalue weighted by Crippen LogP contribution is -2.36. The van der Waals surface area contributed by atoms with E-state index in [1.807, 2.05) is 11.3 Å². The van der Waals surface area contributed by atoms with Gasteiger partial charge in [0.15, 0.2) is 0 Å². The first-order chi connectivity index (χ1) is 10.1. The van der Waals surface area contributed by atoms with Gasteiger partial charge in [0.2, 0.25) is 5.91 Å². The number of thiazole rings is 1. The van der Waals surface area contributed by atoms with Crippen LogP contribution in [-0.4, -0.2) is 58.1 Å². The zero-order valence-corrected chi connectivity index (χ0v) is 13.4. The Hall–Kier alpha value is -0.980. The molecule has 1 N–H and O–H groups in total. The highest BCUT2D eigenvalue weighted by Crippen LogP contribution is 2.27. The predicted molar refractivity (Wildman–Crippen MR) is 82.3 cm³/mol. The smallest absolute Gasteiger partial charge is 0.219 e. The molecule has 1 aromatic heterocycles. The topological polar surface area (TPSA) is 56.7 Å². The predicted octanol–water partition coefficient (Wildman–Crippen LogP) is 1.05. The van der Waals surface area contributed by atoms with Gasteiger partial charge in [-0.15, -0.1) is 11.3 Å². The summed E-state index contributed by atoms with van der Waals surface area (Å²) in [6.45, 7) is 4.92. The summed E-state index contributed by atoms with van der Waals surface area (Å²) in [4.78, 5) is 21.7. The molecular formula is C15H23N3O2S. The first-order valence-electron chi connectivity index (χ1n) is 7.75. The second-order valence-electron chi connectivity index (χ2n) is 6.04. The molecular weight excluding hydrogens is 286 g/mol. The molecule has 3 rings (SSSR count). The Labute approximate surface area is 129 Å². The number of aromatic nitrogens is 1. The Kier molecular flexibility index (Phi) is 4.57. The van der Waals surface area contributed by atoms with Crippen molar-refractivity contribution in [1.29, 1.82) is 0 Å². The highest BCUT2D eigenvalue weighted by molar-refractivity contribution is 7.11. The normalized spacial score (nSPS) is 23.7. The minimum absolute atomic E-state index is 0.0422. The number of aliphatic hydroxyl groups is 1. The average Bonchev–Trinajstić information content (AvgIpc) is 2.75. The standard InChI is InChI=1S/C15H23N3O2S/c1-11(19)18-7-6-17(8-12(20)9-18)10-15-16-13-4-2-3-5-14(13)21-15/h12,20H,2-10H2,1H3/t12-/m1/s1. The van der Waals surface area contributed by atoms with Gasteiger partial charge in [0.25, 0.3) is 0 Å². The minimum Gasteiger partial charge on any atom is -0.390 e. The number of carbonyl (C=O) groups is 1. The first kappa shape index (κ1) is 14.9. The second-order valence-corrected chi connectivity index (χ2v) is 7.21. The molecule has 21 heavy (non-hydrogen) atoms. The maximum absolute atomic E-state index is 11.5. The Balaban J connectivity index is 1.64. The molecule has 1 atom stereocenters. The van der Waals surface area contributed by atoms with Crippen LogP contribution < -0.4 is 0 Å². The van der Waals surface area contributed by atoms with Crippen LogP contribution in [0.15, 0.2) is 0 Å². The summed E-state index contributed by atoms with van der Waals surface area (Å²) in [7, 11) is 0. The van der Waals surface area contributed by atoms with E-state index in [0.717, 1.165) is 24.5 Å². The molecule has 0 bridgehead atoms. The zero-order chi connectivity index (χ0) is 14.8. The molecule has 5 nitrogen and oxygen atoms in total. The highest BCUT2D eigenvalue weighted by Gasteiger charge is 2.24. The van der Waals surface area contributed by atoms with Crippen molar-refractivity contribution in [3.8, 4) is 0 Å². The molecule has 0 saturated carbocycles. The van der Waals surface area contributed by atoms with Gasteiger partial charge in [-0.05, 0) is 25.7 Å². The van der Waals surface area contributed by atoms with Crippen LogP contribution >= 0.6 is 11.3 Å². The van der Waals surface area contributed by atoms with Crippen LogP contribution in [0, 0.1) is 0 Å². The van der Waals surface area contributed by atoms with E-state index in [4.69, 9.17) is 4.98 Å². The van der Waals surface area contributed by atoms with E-state index < -0.39 is 6.10 Å². The Bertz CT molecular complexity index is 494. The third-order valence-electron chi connectivity index (χ3n) is 4.28. The molecule has 0 spiro atoms. The van der Waals surface area contributed by atoms with Crippen LogP contribution in [0.1, 0.15) is 35.3 Å². The maximum atomic E-state index is 11.5. The zero-order valence-electron chi connectivity index (χ0n) is 12.5. The molecule has 6 heteroatoms. The molecule has 2 aliphatic rings. The summed E-state index contributed by atoms with van der Waals surface area (Å²) in [5.74, 6) is 0.0422. The van der Waals surface area contributed by atoms with Gasteiger partial charge < -0.3 is 10.0 Å². The lowest BCUT2D eigenvalue weighted by atomic mass is 10.0. The SMILES string of the molecule is CC(=O)N1CCN(Cc2nc3c(s2)CCCC3)C[C@@H](O)C1. The fourth-order valence-electron chi connectivity index (χ4n) is 3.15. The monoisotopic (exact) mass is 309 g/mol. The number of β-amino-alcohol motifs (C(OH)–C–C–N with tert-alkyl or cyclic N) is 1. The fraction of sp³-hybridized carbons (Fsp3) is 0.733. The number of rotatable bonds is 2. The quantitative estimate of drug-likeness (QED) is 0.887. The summed E-state index contributed by atoms with van der Waals surface area (Å²) in [5, 5.41) is 11.2. The first-order valence-corrected chi connectivity index (χ1v) is 8.57. The van der Waals surface area contributed by atoms with Gasteiger partial charge in [0.05, 0.1) is 18.3 Å². The van der Waals surface area contributed by atoms with E-state index in [-0.39, 0.29) is 5.91 Å². The summed E-state index contributed by atoms with van der Waals surface area (Å²) in [6, 6.07) is 0. The Morgan fingerprint density at radius 3 is 2.90 bits per heavy atom. The van der Waals surface area contributed by atoms with E-state index in [9.17, 15) is 9.90 Å². The molecule has 1 aliphatic carbocycles. The Morgan fingerprint density at radius 2 is 2.14 bits per heavy atom. The van der Waals surface area contributed by atoms with Gasteiger partial charge in [0, 0.05) is 38.0 Å². The van der Waals surface area contributed by atoms with E-state index >= 15 is 0 Å².